The van der Waals surface area contributed by atoms with Gasteiger partial charge in [-0.1, -0.05) is 24.6 Å². The molecule has 1 atom stereocenters. The van der Waals surface area contributed by atoms with Gasteiger partial charge < -0.3 is 34.6 Å². The first kappa shape index (κ1) is 42.0. The number of nitrogens with one attached hydrogen (secondary N) is 3. The lowest BCUT2D eigenvalue weighted by Crippen LogP contribution is -2.73. The zero-order chi connectivity index (χ0) is 43.7. The summed E-state index contributed by atoms with van der Waals surface area (Å²) < 4.78 is 49.7. The summed E-state index contributed by atoms with van der Waals surface area (Å²) in [5.41, 5.74) is 5.69. The third kappa shape index (κ3) is 7.94. The molecule has 13 nitrogen and oxygen atoms in total. The molecule has 3 aromatic carbocycles. The topological polar surface area (TPSA) is 145 Å². The van der Waals surface area contributed by atoms with Gasteiger partial charge in [-0.25, -0.2) is 13.8 Å². The average molecular weight is 884 g/mol. The van der Waals surface area contributed by atoms with Crippen LogP contribution >= 0.6 is 18.7 Å². The van der Waals surface area contributed by atoms with E-state index in [0.29, 0.717) is 63.9 Å². The molecule has 1 spiro atoms. The first-order valence-electron chi connectivity index (χ1n) is 20.9. The maximum atomic E-state index is 15.1. The Morgan fingerprint density at radius 1 is 0.968 bits per heavy atom. The highest BCUT2D eigenvalue weighted by molar-refractivity contribution is 7.71. The number of methoxy groups -OCH3 is 1. The number of imide groups is 1. The minimum absolute atomic E-state index is 0.0578. The Morgan fingerprint density at radius 2 is 1.71 bits per heavy atom. The van der Waals surface area contributed by atoms with Gasteiger partial charge in [0.25, 0.3) is 0 Å². The van der Waals surface area contributed by atoms with E-state index in [1.807, 2.05) is 41.3 Å². The lowest BCUT2D eigenvalue weighted by Gasteiger charge is -2.62. The van der Waals surface area contributed by atoms with Crippen LogP contribution in [0, 0.1) is 29.9 Å². The van der Waals surface area contributed by atoms with Crippen molar-refractivity contribution >= 4 is 81.3 Å². The number of amides is 2. The van der Waals surface area contributed by atoms with E-state index in [1.54, 1.807) is 20.4 Å². The summed E-state index contributed by atoms with van der Waals surface area (Å²) in [5.74, 6) is -1.88. The van der Waals surface area contributed by atoms with Gasteiger partial charge in [-0.15, -0.1) is 0 Å². The number of anilines is 6. The number of pyridine rings is 1. The molecule has 9 rings (SSSR count). The smallest absolute Gasteiger partial charge is 0.234 e. The zero-order valence-electron chi connectivity index (χ0n) is 35.3. The molecule has 0 aliphatic carbocycles. The average Bonchev–Trinajstić information content (AvgIpc) is 3.17. The van der Waals surface area contributed by atoms with Crippen molar-refractivity contribution in [1.82, 2.24) is 25.2 Å². The minimum atomic E-state index is -2.77. The summed E-state index contributed by atoms with van der Waals surface area (Å²) in [5, 5.41) is 10.6. The Bertz CT molecular complexity index is 2660. The van der Waals surface area contributed by atoms with E-state index < -0.39 is 36.5 Å². The van der Waals surface area contributed by atoms with Crippen molar-refractivity contribution in [3.05, 3.63) is 88.2 Å². The Kier molecular flexibility index (Phi) is 10.9. The number of ether oxygens (including phenoxy) is 1. The molecule has 4 saturated heterocycles. The molecule has 4 fully saturated rings. The van der Waals surface area contributed by atoms with Crippen molar-refractivity contribution in [3.63, 3.8) is 0 Å². The summed E-state index contributed by atoms with van der Waals surface area (Å²) in [6.07, 6.45) is 2.48. The number of halogens is 3. The third-order valence-corrected chi connectivity index (χ3v) is 14.4. The number of aryl methyl sites for hydroxylation is 2. The van der Waals surface area contributed by atoms with Gasteiger partial charge in [-0.3, -0.25) is 19.9 Å². The van der Waals surface area contributed by atoms with Gasteiger partial charge in [-0.05, 0) is 75.1 Å². The van der Waals surface area contributed by atoms with Crippen molar-refractivity contribution in [2.24, 2.45) is 11.3 Å². The van der Waals surface area contributed by atoms with Gasteiger partial charge in [-0.2, -0.15) is 4.98 Å². The number of nitrogens with zero attached hydrogens (tertiary/aromatic N) is 6. The predicted molar refractivity (Wildman–Crippen MR) is 240 cm³/mol. The minimum Gasteiger partial charge on any atom is -0.494 e. The van der Waals surface area contributed by atoms with Crippen LogP contribution in [0.5, 0.6) is 5.75 Å². The molecule has 4 aliphatic heterocycles. The van der Waals surface area contributed by atoms with Crippen LogP contribution < -0.4 is 35.8 Å². The Labute approximate surface area is 364 Å². The third-order valence-electron chi connectivity index (χ3n) is 12.6. The van der Waals surface area contributed by atoms with Crippen molar-refractivity contribution in [2.45, 2.75) is 39.0 Å². The maximum absolute atomic E-state index is 15.1. The van der Waals surface area contributed by atoms with E-state index in [2.05, 4.69) is 44.6 Å². The number of hydrogen-bond donors (Lipinski definition) is 3. The highest BCUT2D eigenvalue weighted by Crippen LogP contribution is 2.46. The van der Waals surface area contributed by atoms with Gasteiger partial charge in [0.1, 0.15) is 29.5 Å². The van der Waals surface area contributed by atoms with Gasteiger partial charge >= 0.3 is 0 Å². The van der Waals surface area contributed by atoms with Gasteiger partial charge in [0.05, 0.1) is 36.1 Å². The van der Waals surface area contributed by atoms with Crippen LogP contribution in [-0.2, 0) is 20.6 Å². The predicted octanol–water partition coefficient (Wildman–Crippen LogP) is 7.35. The highest BCUT2D eigenvalue weighted by Gasteiger charge is 2.52. The molecule has 3 N–H and O–H groups in total. The fourth-order valence-electron chi connectivity index (χ4n) is 9.64. The number of rotatable bonds is 12. The van der Waals surface area contributed by atoms with E-state index in [9.17, 15) is 14.2 Å². The summed E-state index contributed by atoms with van der Waals surface area (Å²) in [6.45, 7) is 13.8. The van der Waals surface area contributed by atoms with Crippen LogP contribution in [0.25, 0.3) is 10.9 Å². The quantitative estimate of drug-likeness (QED) is 0.0852. The standard InChI is InChI=1S/C45H49ClF2N9O4P/c1-6-27-7-8-29-34(50-27)10-11-35(41(29)62(4,5)60)51-42-31(46)17-49-44(54-42)52-36-13-25(2)37(16-38(36)61-3)57-23-45(24-57)21-55(22-45)18-26-19-56(20-26)28-14-32(47)40(33(48)15-28)30-9-12-39(58)53-43(30)59/h7-8,10-11,13-17,26,30H,6,9,12,18-24H2,1-5H3,(H,53,58,59)(H2,49,51,52,54)/t30-/m1/s1. The van der Waals surface area contributed by atoms with Crippen molar-refractivity contribution in [1.29, 1.82) is 0 Å². The molecule has 5 aromatic rings. The summed E-state index contributed by atoms with van der Waals surface area (Å²) in [4.78, 5) is 44.5. The van der Waals surface area contributed by atoms with Crippen LogP contribution in [0.15, 0.2) is 54.7 Å². The molecule has 4 aliphatic rings. The second-order valence-electron chi connectivity index (χ2n) is 17.6. The molecular weight excluding hydrogens is 835 g/mol. The largest absolute Gasteiger partial charge is 0.494 e. The number of hydrogen-bond acceptors (Lipinski definition) is 12. The highest BCUT2D eigenvalue weighted by atomic mass is 35.5. The van der Waals surface area contributed by atoms with E-state index in [0.717, 1.165) is 67.0 Å². The van der Waals surface area contributed by atoms with E-state index in [4.69, 9.17) is 26.3 Å². The molecule has 17 heteroatoms. The molecule has 6 heterocycles. The Hall–Kier alpha value is -5.37. The molecule has 0 bridgehead atoms. The summed E-state index contributed by atoms with van der Waals surface area (Å²) in [6, 6.07) is 14.4. The summed E-state index contributed by atoms with van der Waals surface area (Å²) in [7, 11) is -1.14. The van der Waals surface area contributed by atoms with Crippen molar-refractivity contribution in [3.8, 4) is 5.75 Å². The lowest BCUT2D eigenvalue weighted by atomic mass is 9.72. The number of carbonyl (C=O) groups excluding carboxylic acids is 2. The van der Waals surface area contributed by atoms with Gasteiger partial charge in [0, 0.05) is 103 Å². The zero-order valence-corrected chi connectivity index (χ0v) is 37.0. The van der Waals surface area contributed by atoms with Crippen LogP contribution in [0.4, 0.5) is 43.3 Å². The van der Waals surface area contributed by atoms with E-state index in [1.165, 1.54) is 18.3 Å². The number of aromatic nitrogens is 3. The fraction of sp³-hybridized carbons (Fsp3) is 0.400. The van der Waals surface area contributed by atoms with Gasteiger partial charge in [0.15, 0.2) is 5.82 Å². The number of fused-ring (bicyclic) bond motifs is 1. The molecule has 324 valence electrons. The number of piperidine rings is 1. The van der Waals surface area contributed by atoms with E-state index in [-0.39, 0.29) is 23.8 Å². The normalized spacial score (nSPS) is 18.9. The first-order chi connectivity index (χ1) is 29.6. The van der Waals surface area contributed by atoms with Gasteiger partial charge in [0.2, 0.25) is 17.8 Å². The maximum Gasteiger partial charge on any atom is 0.234 e. The molecule has 2 amide bonds. The fourth-order valence-corrected chi connectivity index (χ4v) is 11.3. The molecule has 2 aromatic heterocycles. The van der Waals surface area contributed by atoms with Crippen molar-refractivity contribution < 1.29 is 27.7 Å². The molecule has 0 radical (unpaired) electrons. The van der Waals surface area contributed by atoms with Crippen LogP contribution in [-0.4, -0.2) is 97.9 Å². The van der Waals surface area contributed by atoms with Crippen molar-refractivity contribution in [2.75, 3.05) is 86.7 Å². The Morgan fingerprint density at radius 3 is 2.39 bits per heavy atom. The van der Waals surface area contributed by atoms with Crippen LogP contribution in [0.1, 0.15) is 42.5 Å². The number of likely N-dealkylation sites (tertiary alicyclic amines) is 1. The first-order valence-corrected chi connectivity index (χ1v) is 23.9. The molecular formula is C45H49ClF2N9O4P. The monoisotopic (exact) mass is 883 g/mol. The van der Waals surface area contributed by atoms with Crippen LogP contribution in [0.2, 0.25) is 5.02 Å². The number of carbonyl (C=O) groups is 2. The number of benzene rings is 3. The second-order valence-corrected chi connectivity index (χ2v) is 21.2. The van der Waals surface area contributed by atoms with E-state index >= 15 is 8.78 Å². The SMILES string of the molecule is CCc1ccc2c(P(C)(C)=O)c(Nc3nc(Nc4cc(C)c(N5CC6(CN(CC7CN(c8cc(F)c([C@H]9CCC(=O)NC9=O)c(F)c8)C7)C6)C5)cc4OC)ncc3Cl)ccc2n1. The molecule has 0 saturated carbocycles. The van der Waals surface area contributed by atoms with Crippen LogP contribution in [0.3, 0.4) is 0 Å². The lowest BCUT2D eigenvalue weighted by molar-refractivity contribution is -0.134. The molecule has 0 unspecified atom stereocenters. The Balaban J connectivity index is 0.801. The molecule has 62 heavy (non-hydrogen) atoms. The second kappa shape index (κ2) is 16.1. The summed E-state index contributed by atoms with van der Waals surface area (Å²) >= 11 is 6.62.